The van der Waals surface area contributed by atoms with E-state index in [-0.39, 0.29) is 16.4 Å². The van der Waals surface area contributed by atoms with Gasteiger partial charge in [0.1, 0.15) is 6.54 Å². The minimum Gasteiger partial charge on any atom is -0.493 e. The van der Waals surface area contributed by atoms with E-state index in [1.54, 1.807) is 30.3 Å². The van der Waals surface area contributed by atoms with E-state index in [0.717, 1.165) is 10.6 Å². The molecule has 2 aromatic rings. The molecule has 0 bridgehead atoms. The lowest BCUT2D eigenvalue weighted by Gasteiger charge is -2.30. The number of anilines is 2. The molecule has 194 valence electrons. The van der Waals surface area contributed by atoms with Crippen LogP contribution >= 0.6 is 11.8 Å². The molecule has 2 saturated heterocycles. The van der Waals surface area contributed by atoms with Crippen molar-refractivity contribution in [3.05, 3.63) is 52.9 Å². The van der Waals surface area contributed by atoms with E-state index < -0.39 is 36.2 Å². The summed E-state index contributed by atoms with van der Waals surface area (Å²) in [7, 11) is 1.40. The highest BCUT2D eigenvalue weighted by Gasteiger charge is 2.36. The number of hydrogen-bond acceptors (Lipinski definition) is 9. The number of para-hydroxylation sites is 3. The fraction of sp³-hybridized carbons (Fsp3) is 0.280. The molecule has 0 saturated carbocycles. The van der Waals surface area contributed by atoms with Gasteiger partial charge < -0.3 is 29.5 Å². The number of morpholine rings is 1. The molecular weight excluding hydrogens is 502 g/mol. The van der Waals surface area contributed by atoms with Crippen LogP contribution in [-0.2, 0) is 19.1 Å². The maximum Gasteiger partial charge on any atom is 0.341 e. The average Bonchev–Trinajstić information content (AvgIpc) is 3.15. The normalized spacial score (nSPS) is 16.7. The number of thioether (sulfide) groups is 1. The molecule has 0 aromatic heterocycles. The maximum atomic E-state index is 13.0. The Bertz CT molecular complexity index is 1240. The summed E-state index contributed by atoms with van der Waals surface area (Å²) < 4.78 is 16.0. The van der Waals surface area contributed by atoms with Gasteiger partial charge >= 0.3 is 5.97 Å². The number of carboxylic acid groups (broad SMARTS) is 1. The summed E-state index contributed by atoms with van der Waals surface area (Å²) in [5.41, 5.74) is 1.77. The Morgan fingerprint density at radius 2 is 1.89 bits per heavy atom. The number of carboxylic acids is 1. The smallest absolute Gasteiger partial charge is 0.341 e. The Labute approximate surface area is 217 Å². The zero-order chi connectivity index (χ0) is 26.4. The standard InChI is InChI=1S/C25H25N3O8S/c1-34-19-8-4-5-16(23(19)36-15-22(30)31)13-20-24(32)28(25(33)37-20)14-21(29)26-17-6-2-3-7-18(17)27-9-11-35-12-10-27/h2-8,13H,9-12,14-15H2,1H3,(H,26,29)(H,30,31)/b20-13+. The van der Waals surface area contributed by atoms with E-state index in [4.69, 9.17) is 19.3 Å². The van der Waals surface area contributed by atoms with Gasteiger partial charge in [-0.15, -0.1) is 0 Å². The first kappa shape index (κ1) is 26.0. The second kappa shape index (κ2) is 11.8. The van der Waals surface area contributed by atoms with Gasteiger partial charge in [-0.3, -0.25) is 19.3 Å². The second-order valence-corrected chi connectivity index (χ2v) is 8.99. The largest absolute Gasteiger partial charge is 0.493 e. The lowest BCUT2D eigenvalue weighted by Crippen LogP contribution is -2.38. The Morgan fingerprint density at radius 3 is 2.62 bits per heavy atom. The minimum absolute atomic E-state index is 0.0694. The lowest BCUT2D eigenvalue weighted by molar-refractivity contribution is -0.139. The number of amides is 3. The summed E-state index contributed by atoms with van der Waals surface area (Å²) in [6.07, 6.45) is 1.41. The highest BCUT2D eigenvalue weighted by Crippen LogP contribution is 2.37. The molecule has 11 nitrogen and oxygen atoms in total. The van der Waals surface area contributed by atoms with Crippen LogP contribution < -0.4 is 19.7 Å². The molecule has 2 N–H and O–H groups in total. The summed E-state index contributed by atoms with van der Waals surface area (Å²) in [5.74, 6) is -1.95. The van der Waals surface area contributed by atoms with E-state index in [1.807, 2.05) is 12.1 Å². The third-order valence-electron chi connectivity index (χ3n) is 5.56. The van der Waals surface area contributed by atoms with Gasteiger partial charge in [0.2, 0.25) is 5.91 Å². The number of aliphatic carboxylic acids is 1. The first-order valence-corrected chi connectivity index (χ1v) is 12.2. The maximum absolute atomic E-state index is 13.0. The summed E-state index contributed by atoms with van der Waals surface area (Å²) in [6, 6.07) is 12.1. The molecule has 2 aliphatic heterocycles. The Kier molecular flexibility index (Phi) is 8.31. The van der Waals surface area contributed by atoms with Gasteiger partial charge in [0.15, 0.2) is 18.1 Å². The van der Waals surface area contributed by atoms with Gasteiger partial charge in [-0.05, 0) is 36.0 Å². The van der Waals surface area contributed by atoms with E-state index in [0.29, 0.717) is 49.3 Å². The molecule has 0 aliphatic carbocycles. The monoisotopic (exact) mass is 527 g/mol. The fourth-order valence-electron chi connectivity index (χ4n) is 3.87. The average molecular weight is 528 g/mol. The highest BCUT2D eigenvalue weighted by molar-refractivity contribution is 8.18. The molecule has 0 atom stereocenters. The van der Waals surface area contributed by atoms with E-state index in [1.165, 1.54) is 13.2 Å². The number of rotatable bonds is 9. The number of nitrogens with zero attached hydrogens (tertiary/aromatic N) is 2. The van der Waals surface area contributed by atoms with Crippen molar-refractivity contribution < 1.29 is 38.5 Å². The van der Waals surface area contributed by atoms with Crippen LogP contribution in [0.25, 0.3) is 6.08 Å². The van der Waals surface area contributed by atoms with E-state index >= 15 is 0 Å². The topological polar surface area (TPSA) is 135 Å². The number of nitrogens with one attached hydrogen (secondary N) is 1. The molecule has 12 heteroatoms. The molecule has 2 fully saturated rings. The molecule has 0 radical (unpaired) electrons. The lowest BCUT2D eigenvalue weighted by atomic mass is 10.1. The van der Waals surface area contributed by atoms with Crippen LogP contribution in [0.5, 0.6) is 11.5 Å². The molecule has 2 aliphatic rings. The predicted octanol–water partition coefficient (Wildman–Crippen LogP) is 2.67. The predicted molar refractivity (Wildman–Crippen MR) is 137 cm³/mol. The second-order valence-electron chi connectivity index (χ2n) is 7.99. The summed E-state index contributed by atoms with van der Waals surface area (Å²) in [4.78, 5) is 52.4. The zero-order valence-electron chi connectivity index (χ0n) is 20.0. The van der Waals surface area contributed by atoms with Crippen LogP contribution in [0.2, 0.25) is 0 Å². The number of carbonyl (C=O) groups excluding carboxylic acids is 3. The van der Waals surface area contributed by atoms with Crippen LogP contribution in [0.4, 0.5) is 16.2 Å². The van der Waals surface area contributed by atoms with Crippen LogP contribution in [0, 0.1) is 0 Å². The first-order chi connectivity index (χ1) is 17.9. The van der Waals surface area contributed by atoms with Crippen molar-refractivity contribution in [2.24, 2.45) is 0 Å². The Balaban J connectivity index is 1.48. The number of carbonyl (C=O) groups is 4. The van der Waals surface area contributed by atoms with E-state index in [2.05, 4.69) is 10.2 Å². The molecule has 3 amide bonds. The van der Waals surface area contributed by atoms with Gasteiger partial charge in [-0.2, -0.15) is 0 Å². The Hall–Kier alpha value is -4.03. The van der Waals surface area contributed by atoms with Crippen molar-refractivity contribution in [1.29, 1.82) is 0 Å². The van der Waals surface area contributed by atoms with Gasteiger partial charge in [0.25, 0.3) is 11.1 Å². The third kappa shape index (κ3) is 6.22. The third-order valence-corrected chi connectivity index (χ3v) is 6.47. The van der Waals surface area contributed by atoms with Crippen LogP contribution in [0.3, 0.4) is 0 Å². The van der Waals surface area contributed by atoms with Crippen molar-refractivity contribution in [2.75, 3.05) is 56.8 Å². The molecular formula is C25H25N3O8S. The number of benzene rings is 2. The molecule has 2 heterocycles. The molecule has 2 aromatic carbocycles. The number of imide groups is 1. The molecule has 0 spiro atoms. The minimum atomic E-state index is -1.18. The molecule has 4 rings (SSSR count). The van der Waals surface area contributed by atoms with Gasteiger partial charge in [0, 0.05) is 18.7 Å². The summed E-state index contributed by atoms with van der Waals surface area (Å²) in [6.45, 7) is 1.46. The molecule has 0 unspecified atom stereocenters. The summed E-state index contributed by atoms with van der Waals surface area (Å²) >= 11 is 0.681. The number of methoxy groups -OCH3 is 1. The van der Waals surface area contributed by atoms with Crippen molar-refractivity contribution in [1.82, 2.24) is 4.90 Å². The van der Waals surface area contributed by atoms with Gasteiger partial charge in [-0.25, -0.2) is 4.79 Å². The van der Waals surface area contributed by atoms with Gasteiger partial charge in [0.05, 0.1) is 36.6 Å². The van der Waals surface area contributed by atoms with Crippen molar-refractivity contribution in [3.8, 4) is 11.5 Å². The van der Waals surface area contributed by atoms with Crippen molar-refractivity contribution >= 4 is 52.2 Å². The summed E-state index contributed by atoms with van der Waals surface area (Å²) in [5, 5.41) is 11.2. The van der Waals surface area contributed by atoms with E-state index in [9.17, 15) is 19.2 Å². The van der Waals surface area contributed by atoms with Crippen LogP contribution in [0.1, 0.15) is 5.56 Å². The highest BCUT2D eigenvalue weighted by atomic mass is 32.2. The number of hydrogen-bond donors (Lipinski definition) is 2. The quantitative estimate of drug-likeness (QED) is 0.469. The Morgan fingerprint density at radius 1 is 1.14 bits per heavy atom. The van der Waals surface area contributed by atoms with Crippen LogP contribution in [-0.4, -0.2) is 79.6 Å². The van der Waals surface area contributed by atoms with Crippen molar-refractivity contribution in [3.63, 3.8) is 0 Å². The SMILES string of the molecule is COc1cccc(/C=C2/SC(=O)N(CC(=O)Nc3ccccc3N3CCOCC3)C2=O)c1OCC(=O)O. The zero-order valence-corrected chi connectivity index (χ0v) is 20.8. The first-order valence-electron chi connectivity index (χ1n) is 11.4. The van der Waals surface area contributed by atoms with Crippen LogP contribution in [0.15, 0.2) is 47.4 Å². The van der Waals surface area contributed by atoms with Crippen molar-refractivity contribution in [2.45, 2.75) is 0 Å². The van der Waals surface area contributed by atoms with Gasteiger partial charge in [-0.1, -0.05) is 24.3 Å². The fourth-order valence-corrected chi connectivity index (χ4v) is 4.69. The number of ether oxygens (including phenoxy) is 3. The molecule has 37 heavy (non-hydrogen) atoms.